The third kappa shape index (κ3) is 4.20. The summed E-state index contributed by atoms with van der Waals surface area (Å²) in [6, 6.07) is 1.22. The molecule has 30 heavy (non-hydrogen) atoms. The number of halogens is 1. The van der Waals surface area contributed by atoms with E-state index in [2.05, 4.69) is 20.3 Å². The molecular weight excluding hydrogens is 414 g/mol. The van der Waals surface area contributed by atoms with Crippen LogP contribution < -0.4 is 15.0 Å². The number of hydrogen-bond donors (Lipinski definition) is 2. The molecule has 2 aliphatic rings. The van der Waals surface area contributed by atoms with Gasteiger partial charge in [-0.3, -0.25) is 15.0 Å². The number of amides is 2. The smallest absolute Gasteiger partial charge is 0.329 e. The van der Waals surface area contributed by atoms with Crippen molar-refractivity contribution in [2.45, 2.75) is 32.0 Å². The number of carbonyl (C=O) groups excluding carboxylic acids is 2. The van der Waals surface area contributed by atoms with Crippen molar-refractivity contribution >= 4 is 35.7 Å². The Morgan fingerprint density at radius 3 is 3.07 bits per heavy atom. The molecule has 2 aromatic heterocycles. The van der Waals surface area contributed by atoms with Gasteiger partial charge in [-0.25, -0.2) is 14.8 Å². The molecule has 2 amide bonds. The van der Waals surface area contributed by atoms with E-state index in [9.17, 15) is 14.7 Å². The van der Waals surface area contributed by atoms with Crippen LogP contribution in [0.1, 0.15) is 34.5 Å². The van der Waals surface area contributed by atoms with E-state index in [0.717, 1.165) is 12.0 Å². The van der Waals surface area contributed by atoms with E-state index < -0.39 is 6.03 Å². The molecule has 0 saturated carbocycles. The van der Waals surface area contributed by atoms with Crippen molar-refractivity contribution in [3.63, 3.8) is 0 Å². The summed E-state index contributed by atoms with van der Waals surface area (Å²) in [7, 11) is 0. The second-order valence-corrected chi connectivity index (χ2v) is 7.33. The molecule has 0 spiro atoms. The maximum atomic E-state index is 12.9. The number of rotatable bonds is 5. The van der Waals surface area contributed by atoms with Gasteiger partial charge in [-0.1, -0.05) is 11.6 Å². The van der Waals surface area contributed by atoms with Gasteiger partial charge in [-0.2, -0.15) is 4.98 Å². The van der Waals surface area contributed by atoms with Crippen molar-refractivity contribution in [1.82, 2.24) is 15.0 Å². The van der Waals surface area contributed by atoms with E-state index in [1.807, 2.05) is 0 Å². The number of nitrogens with zero attached hydrogens (tertiary/aromatic N) is 4. The number of carbonyl (C=O) groups is 2. The van der Waals surface area contributed by atoms with Crippen LogP contribution in [0.15, 0.2) is 12.3 Å². The van der Waals surface area contributed by atoms with Gasteiger partial charge in [0.25, 0.3) is 0 Å². The molecule has 11 heteroatoms. The zero-order valence-corrected chi connectivity index (χ0v) is 16.8. The number of aromatic nitrogens is 3. The molecule has 0 unspecified atom stereocenters. The Hall–Kier alpha value is -2.82. The highest BCUT2D eigenvalue weighted by molar-refractivity contribution is 6.31. The molecule has 0 radical (unpaired) electrons. The fraction of sp³-hybridized carbons (Fsp3) is 0.421. The Labute approximate surface area is 177 Å². The Bertz CT molecular complexity index is 967. The highest BCUT2D eigenvalue weighted by atomic mass is 35.5. The Kier molecular flexibility index (Phi) is 6.07. The van der Waals surface area contributed by atoms with E-state index >= 15 is 0 Å². The molecule has 1 atom stereocenters. The first-order valence-corrected chi connectivity index (χ1v) is 9.91. The van der Waals surface area contributed by atoms with Crippen LogP contribution in [0.2, 0.25) is 5.02 Å². The van der Waals surface area contributed by atoms with Crippen molar-refractivity contribution in [3.8, 4) is 5.88 Å². The van der Waals surface area contributed by atoms with E-state index in [1.54, 1.807) is 6.07 Å². The Morgan fingerprint density at radius 1 is 1.47 bits per heavy atom. The van der Waals surface area contributed by atoms with Crippen molar-refractivity contribution in [1.29, 1.82) is 0 Å². The van der Waals surface area contributed by atoms with Crippen LogP contribution in [-0.4, -0.2) is 58.2 Å². The monoisotopic (exact) mass is 433 g/mol. The third-order valence-corrected chi connectivity index (χ3v) is 5.16. The topological polar surface area (TPSA) is 127 Å². The van der Waals surface area contributed by atoms with Gasteiger partial charge < -0.3 is 14.6 Å². The lowest BCUT2D eigenvalue weighted by atomic mass is 10.0. The maximum Gasteiger partial charge on any atom is 0.329 e. The number of aliphatic hydroxyl groups excluding tert-OH is 1. The zero-order chi connectivity index (χ0) is 21.1. The van der Waals surface area contributed by atoms with E-state index in [0.29, 0.717) is 50.3 Å². The fourth-order valence-corrected chi connectivity index (χ4v) is 3.54. The lowest BCUT2D eigenvalue weighted by molar-refractivity contribution is 0.111. The molecule has 2 aromatic rings. The maximum absolute atomic E-state index is 12.9. The predicted octanol–water partition coefficient (Wildman–Crippen LogP) is 1.98. The van der Waals surface area contributed by atoms with Crippen LogP contribution >= 0.6 is 11.6 Å². The zero-order valence-electron chi connectivity index (χ0n) is 16.0. The highest BCUT2D eigenvalue weighted by Crippen LogP contribution is 2.28. The molecule has 158 valence electrons. The number of hydrogen-bond acceptors (Lipinski definition) is 8. The minimum atomic E-state index is -0.491. The Morgan fingerprint density at radius 2 is 2.33 bits per heavy atom. The largest absolute Gasteiger partial charge is 0.471 e. The van der Waals surface area contributed by atoms with Crippen LogP contribution in [0.3, 0.4) is 0 Å². The number of nitrogens with one attached hydrogen (secondary N) is 1. The number of aldehydes is 1. The SMILES string of the molecule is O=Cc1nc2c(cc1CO)CCCN2C(=O)Nc1ncc(Cl)c(O[C@H]2CCOC2)n1. The quantitative estimate of drug-likeness (QED) is 0.685. The first kappa shape index (κ1) is 20.5. The minimum absolute atomic E-state index is 0.0352. The van der Waals surface area contributed by atoms with Gasteiger partial charge >= 0.3 is 6.03 Å². The first-order valence-electron chi connectivity index (χ1n) is 9.53. The molecule has 0 aromatic carbocycles. The van der Waals surface area contributed by atoms with E-state index in [1.165, 1.54) is 11.1 Å². The van der Waals surface area contributed by atoms with Crippen LogP contribution in [0.5, 0.6) is 5.88 Å². The third-order valence-electron chi connectivity index (χ3n) is 4.90. The summed E-state index contributed by atoms with van der Waals surface area (Å²) in [5.41, 5.74) is 1.33. The van der Waals surface area contributed by atoms with Gasteiger partial charge in [0.2, 0.25) is 11.8 Å². The summed E-state index contributed by atoms with van der Waals surface area (Å²) in [5.74, 6) is 0.588. The molecule has 0 bridgehead atoms. The van der Waals surface area contributed by atoms with Gasteiger partial charge in [0.15, 0.2) is 6.29 Å². The number of ether oxygens (including phenoxy) is 2. The molecule has 2 aliphatic heterocycles. The van der Waals surface area contributed by atoms with Crippen LogP contribution in [0, 0.1) is 0 Å². The summed E-state index contributed by atoms with van der Waals surface area (Å²) >= 11 is 6.11. The molecule has 0 aliphatic carbocycles. The lowest BCUT2D eigenvalue weighted by Gasteiger charge is -2.28. The van der Waals surface area contributed by atoms with Gasteiger partial charge in [-0.05, 0) is 24.5 Å². The number of pyridine rings is 1. The minimum Gasteiger partial charge on any atom is -0.471 e. The van der Waals surface area contributed by atoms with Crippen molar-refractivity contribution < 1.29 is 24.2 Å². The van der Waals surface area contributed by atoms with Crippen LogP contribution in [0.4, 0.5) is 16.6 Å². The van der Waals surface area contributed by atoms with Gasteiger partial charge in [0.1, 0.15) is 22.6 Å². The predicted molar refractivity (Wildman–Crippen MR) is 107 cm³/mol. The molecule has 2 N–H and O–H groups in total. The van der Waals surface area contributed by atoms with Crippen molar-refractivity contribution in [3.05, 3.63) is 34.1 Å². The van der Waals surface area contributed by atoms with Crippen LogP contribution in [0.25, 0.3) is 0 Å². The van der Waals surface area contributed by atoms with E-state index in [-0.39, 0.29) is 35.3 Å². The first-order chi connectivity index (χ1) is 14.6. The molecule has 4 heterocycles. The summed E-state index contributed by atoms with van der Waals surface area (Å²) in [6.45, 7) is 1.18. The molecule has 10 nitrogen and oxygen atoms in total. The summed E-state index contributed by atoms with van der Waals surface area (Å²) in [5, 5.41) is 12.3. The van der Waals surface area contributed by atoms with Gasteiger partial charge in [0.05, 0.1) is 26.0 Å². The molecule has 4 rings (SSSR count). The number of aryl methyl sites for hydroxylation is 1. The summed E-state index contributed by atoms with van der Waals surface area (Å²) < 4.78 is 11.0. The number of anilines is 2. The van der Waals surface area contributed by atoms with Crippen molar-refractivity contribution in [2.24, 2.45) is 0 Å². The lowest BCUT2D eigenvalue weighted by Crippen LogP contribution is -2.40. The number of urea groups is 1. The van der Waals surface area contributed by atoms with Gasteiger partial charge in [-0.15, -0.1) is 0 Å². The normalized spacial score (nSPS) is 18.1. The highest BCUT2D eigenvalue weighted by Gasteiger charge is 2.27. The second-order valence-electron chi connectivity index (χ2n) is 6.93. The molecule has 1 fully saturated rings. The Balaban J connectivity index is 1.54. The second kappa shape index (κ2) is 8.90. The standard InChI is InChI=1S/C19H20ClN5O5/c20-14-7-21-18(23-17(14)30-13-3-5-29-10-13)24-19(28)25-4-1-2-11-6-12(8-26)15(9-27)22-16(11)25/h6-7,9,13,26H,1-5,8,10H2,(H,21,23,24,28)/t13-/m0/s1. The van der Waals surface area contributed by atoms with Crippen molar-refractivity contribution in [2.75, 3.05) is 30.0 Å². The number of aliphatic hydroxyl groups is 1. The number of fused-ring (bicyclic) bond motifs is 1. The molecule has 1 saturated heterocycles. The van der Waals surface area contributed by atoms with Crippen LogP contribution in [-0.2, 0) is 17.8 Å². The van der Waals surface area contributed by atoms with E-state index in [4.69, 9.17) is 21.1 Å². The molecular formula is C19H20ClN5O5. The average molecular weight is 434 g/mol. The summed E-state index contributed by atoms with van der Waals surface area (Å²) in [6.07, 6.45) is 3.90. The fourth-order valence-electron chi connectivity index (χ4n) is 3.41. The summed E-state index contributed by atoms with van der Waals surface area (Å²) in [4.78, 5) is 38.1. The average Bonchev–Trinajstić information content (AvgIpc) is 3.27. The van der Waals surface area contributed by atoms with Gasteiger partial charge in [0, 0.05) is 18.5 Å².